The first kappa shape index (κ1) is 10.2. The van der Waals surface area contributed by atoms with Crippen LogP contribution in [-0.2, 0) is 9.09 Å². The van der Waals surface area contributed by atoms with Crippen LogP contribution in [-0.4, -0.2) is 6.04 Å². The molecule has 1 N–H and O–H groups in total. The molecule has 2 rings (SSSR count). The van der Waals surface area contributed by atoms with E-state index in [-0.39, 0.29) is 12.1 Å². The molecular weight excluding hydrogens is 221 g/mol. The molecule has 0 spiro atoms. The third-order valence-electron chi connectivity index (χ3n) is 2.19. The second-order valence-corrected chi connectivity index (χ2v) is 6.10. The van der Waals surface area contributed by atoms with Crippen LogP contribution in [0, 0.1) is 0 Å². The number of hydrogen-bond acceptors (Lipinski definition) is 2. The molecule has 14 heavy (non-hydrogen) atoms. The fraction of sp³-hybridized carbons (Fsp3) is 0.333. The zero-order valence-corrected chi connectivity index (χ0v) is 9.33. The second kappa shape index (κ2) is 3.67. The van der Waals surface area contributed by atoms with Gasteiger partial charge in [-0.3, -0.25) is 9.09 Å². The predicted molar refractivity (Wildman–Crippen MR) is 56.3 cm³/mol. The van der Waals surface area contributed by atoms with Crippen molar-refractivity contribution in [3.63, 3.8) is 0 Å². The van der Waals surface area contributed by atoms with Crippen LogP contribution < -0.4 is 5.09 Å². The Morgan fingerprint density at radius 1 is 1.43 bits per heavy atom. The molecule has 1 aliphatic heterocycles. The van der Waals surface area contributed by atoms with E-state index in [1.165, 1.54) is 0 Å². The van der Waals surface area contributed by atoms with Crippen molar-refractivity contribution >= 4 is 18.1 Å². The van der Waals surface area contributed by atoms with Crippen molar-refractivity contribution in [2.24, 2.45) is 0 Å². The average Bonchev–Trinajstić information content (AvgIpc) is 2.41. The van der Waals surface area contributed by atoms with Crippen LogP contribution in [0.2, 0.25) is 0 Å². The van der Waals surface area contributed by atoms with Gasteiger partial charge in [-0.25, -0.2) is 5.09 Å². The van der Waals surface area contributed by atoms with E-state index < -0.39 is 6.87 Å². The number of rotatable bonds is 1. The van der Waals surface area contributed by atoms with E-state index in [9.17, 15) is 4.57 Å². The van der Waals surface area contributed by atoms with Gasteiger partial charge in [0.1, 0.15) is 6.10 Å². The molecule has 0 amide bonds. The summed E-state index contributed by atoms with van der Waals surface area (Å²) in [5.41, 5.74) is 0.992. The minimum atomic E-state index is -3.10. The Morgan fingerprint density at radius 3 is 2.57 bits per heavy atom. The van der Waals surface area contributed by atoms with Gasteiger partial charge in [0.2, 0.25) is 0 Å². The Bertz CT molecular complexity index is 370. The Hall–Kier alpha value is -0.340. The predicted octanol–water partition coefficient (Wildman–Crippen LogP) is 3.08. The zero-order chi connectivity index (χ0) is 10.2. The first-order valence-corrected chi connectivity index (χ1v) is 6.92. The number of benzene rings is 1. The molecule has 0 radical (unpaired) electrons. The van der Waals surface area contributed by atoms with Gasteiger partial charge in [0.25, 0.3) is 0 Å². The molecule has 1 fully saturated rings. The van der Waals surface area contributed by atoms with Crippen LogP contribution >= 0.6 is 18.1 Å². The quantitative estimate of drug-likeness (QED) is 0.755. The van der Waals surface area contributed by atoms with E-state index in [2.05, 4.69) is 5.09 Å². The summed E-state index contributed by atoms with van der Waals surface area (Å²) < 4.78 is 16.7. The van der Waals surface area contributed by atoms with E-state index in [0.29, 0.717) is 0 Å². The van der Waals surface area contributed by atoms with Crippen molar-refractivity contribution in [3.8, 4) is 0 Å². The normalized spacial score (nSPS) is 37.3. The van der Waals surface area contributed by atoms with Gasteiger partial charge >= 0.3 is 6.87 Å². The van der Waals surface area contributed by atoms with Gasteiger partial charge in [-0.1, -0.05) is 30.3 Å². The highest BCUT2D eigenvalue weighted by atomic mass is 35.7. The molecule has 1 unspecified atom stereocenters. The summed E-state index contributed by atoms with van der Waals surface area (Å²) in [7, 11) is 0. The molecule has 1 aromatic rings. The van der Waals surface area contributed by atoms with Crippen molar-refractivity contribution in [1.82, 2.24) is 5.09 Å². The smallest absolute Gasteiger partial charge is 0.296 e. The fourth-order valence-corrected chi connectivity index (χ4v) is 3.57. The highest BCUT2D eigenvalue weighted by Gasteiger charge is 2.39. The van der Waals surface area contributed by atoms with Crippen LogP contribution in [0.1, 0.15) is 18.6 Å². The maximum absolute atomic E-state index is 11.4. The minimum Gasteiger partial charge on any atom is -0.296 e. The minimum absolute atomic E-state index is 0.0271. The topological polar surface area (TPSA) is 38.3 Å². The van der Waals surface area contributed by atoms with Gasteiger partial charge < -0.3 is 0 Å². The Labute approximate surface area is 87.7 Å². The molecule has 0 aromatic heterocycles. The standard InChI is InChI=1S/C9H11ClNO2P/c1-7-9(13-14(10,12)11-7)8-5-3-2-4-6-8/h2-7,9H,1H3,(H,11,12)/t7-,9+,14?/m0/s1. The van der Waals surface area contributed by atoms with Crippen LogP contribution in [0.3, 0.4) is 0 Å². The summed E-state index contributed by atoms with van der Waals surface area (Å²) in [4.78, 5) is 0. The van der Waals surface area contributed by atoms with Gasteiger partial charge in [-0.15, -0.1) is 0 Å². The van der Waals surface area contributed by atoms with E-state index in [4.69, 9.17) is 15.8 Å². The van der Waals surface area contributed by atoms with Gasteiger partial charge in [0.05, 0.1) is 0 Å². The van der Waals surface area contributed by atoms with Crippen LogP contribution in [0.25, 0.3) is 0 Å². The van der Waals surface area contributed by atoms with Gasteiger partial charge in [-0.2, -0.15) is 0 Å². The molecule has 76 valence electrons. The van der Waals surface area contributed by atoms with E-state index in [1.807, 2.05) is 37.3 Å². The van der Waals surface area contributed by atoms with Crippen LogP contribution in [0.5, 0.6) is 0 Å². The molecular formula is C9H11ClNO2P. The monoisotopic (exact) mass is 231 g/mol. The molecule has 1 aromatic carbocycles. The van der Waals surface area contributed by atoms with E-state index in [0.717, 1.165) is 5.56 Å². The molecule has 1 saturated heterocycles. The highest BCUT2D eigenvalue weighted by molar-refractivity contribution is 7.83. The zero-order valence-electron chi connectivity index (χ0n) is 7.68. The number of halogens is 1. The number of nitrogens with one attached hydrogen (secondary N) is 1. The van der Waals surface area contributed by atoms with Gasteiger partial charge in [-0.05, 0) is 23.7 Å². The van der Waals surface area contributed by atoms with Crippen molar-refractivity contribution < 1.29 is 9.09 Å². The molecule has 0 bridgehead atoms. The highest BCUT2D eigenvalue weighted by Crippen LogP contribution is 2.58. The molecule has 0 aliphatic carbocycles. The molecule has 3 nitrogen and oxygen atoms in total. The van der Waals surface area contributed by atoms with Crippen molar-refractivity contribution in [1.29, 1.82) is 0 Å². The van der Waals surface area contributed by atoms with Crippen LogP contribution in [0.4, 0.5) is 0 Å². The SMILES string of the molecule is C[C@@H]1NP(=O)(Cl)O[C@H]1c1ccccc1. The van der Waals surface area contributed by atoms with E-state index >= 15 is 0 Å². The second-order valence-electron chi connectivity index (χ2n) is 3.33. The van der Waals surface area contributed by atoms with Crippen molar-refractivity contribution in [3.05, 3.63) is 35.9 Å². The molecule has 1 heterocycles. The number of hydrogen-bond donors (Lipinski definition) is 1. The summed E-state index contributed by atoms with van der Waals surface area (Å²) in [5.74, 6) is 0. The lowest BCUT2D eigenvalue weighted by Crippen LogP contribution is -2.19. The summed E-state index contributed by atoms with van der Waals surface area (Å²) in [6.07, 6.45) is -0.223. The summed E-state index contributed by atoms with van der Waals surface area (Å²) >= 11 is 5.63. The first-order chi connectivity index (χ1) is 6.58. The van der Waals surface area contributed by atoms with Crippen molar-refractivity contribution in [2.45, 2.75) is 19.1 Å². The van der Waals surface area contributed by atoms with Crippen molar-refractivity contribution in [2.75, 3.05) is 0 Å². The molecule has 0 saturated carbocycles. The first-order valence-electron chi connectivity index (χ1n) is 4.39. The Kier molecular flexibility index (Phi) is 2.67. The molecule has 5 heteroatoms. The van der Waals surface area contributed by atoms with Gasteiger partial charge in [0, 0.05) is 6.04 Å². The lowest BCUT2D eigenvalue weighted by molar-refractivity contribution is 0.227. The largest absolute Gasteiger partial charge is 0.361 e. The van der Waals surface area contributed by atoms with Crippen LogP contribution in [0.15, 0.2) is 30.3 Å². The Balaban J connectivity index is 2.25. The molecule has 1 aliphatic rings. The Morgan fingerprint density at radius 2 is 2.07 bits per heavy atom. The van der Waals surface area contributed by atoms with Gasteiger partial charge in [0.15, 0.2) is 0 Å². The summed E-state index contributed by atoms with van der Waals surface area (Å²) in [6, 6.07) is 9.61. The summed E-state index contributed by atoms with van der Waals surface area (Å²) in [6.45, 7) is -1.20. The maximum Gasteiger partial charge on any atom is 0.361 e. The fourth-order valence-electron chi connectivity index (χ4n) is 1.57. The molecule has 3 atom stereocenters. The third-order valence-corrected chi connectivity index (χ3v) is 3.93. The third kappa shape index (κ3) is 2.01. The lowest BCUT2D eigenvalue weighted by atomic mass is 10.0. The van der Waals surface area contributed by atoms with E-state index in [1.54, 1.807) is 0 Å². The summed E-state index contributed by atoms with van der Waals surface area (Å²) in [5, 5.41) is 2.74. The maximum atomic E-state index is 11.4. The lowest BCUT2D eigenvalue weighted by Gasteiger charge is -2.12. The average molecular weight is 232 g/mol.